The SMILES string of the molecule is CS(=O)(=O)Nc1cccc(F)c1CNC(=O)c1cc(-c2ccccc2)c(N2CCOCC2)s1. The number of nitrogens with one attached hydrogen (secondary N) is 2. The van der Waals surface area contributed by atoms with Crippen LogP contribution in [0.5, 0.6) is 0 Å². The Morgan fingerprint density at radius 3 is 2.55 bits per heavy atom. The van der Waals surface area contributed by atoms with E-state index in [1.807, 2.05) is 36.4 Å². The Labute approximate surface area is 196 Å². The summed E-state index contributed by atoms with van der Waals surface area (Å²) in [6.45, 7) is 2.55. The fraction of sp³-hybridized carbons (Fsp3) is 0.261. The summed E-state index contributed by atoms with van der Waals surface area (Å²) in [6.07, 6.45) is 0.990. The molecule has 3 aromatic rings. The van der Waals surface area contributed by atoms with Crippen molar-refractivity contribution in [2.24, 2.45) is 0 Å². The Hall–Kier alpha value is -2.95. The number of carbonyl (C=O) groups excluding carboxylic acids is 1. The number of halogens is 1. The molecule has 33 heavy (non-hydrogen) atoms. The minimum atomic E-state index is -3.60. The van der Waals surface area contributed by atoms with Gasteiger partial charge in [-0.3, -0.25) is 9.52 Å². The topological polar surface area (TPSA) is 87.7 Å². The first-order valence-corrected chi connectivity index (χ1v) is 13.1. The van der Waals surface area contributed by atoms with Crippen LogP contribution in [-0.2, 0) is 21.3 Å². The van der Waals surface area contributed by atoms with E-state index in [1.54, 1.807) is 0 Å². The van der Waals surface area contributed by atoms with Crippen LogP contribution in [0.3, 0.4) is 0 Å². The van der Waals surface area contributed by atoms with Crippen molar-refractivity contribution in [1.82, 2.24) is 5.32 Å². The van der Waals surface area contributed by atoms with Crippen LogP contribution in [0.25, 0.3) is 11.1 Å². The van der Waals surface area contributed by atoms with Crippen LogP contribution in [0.2, 0.25) is 0 Å². The van der Waals surface area contributed by atoms with Crippen LogP contribution >= 0.6 is 11.3 Å². The molecule has 1 amide bonds. The van der Waals surface area contributed by atoms with Gasteiger partial charge in [0, 0.05) is 30.8 Å². The van der Waals surface area contributed by atoms with Crippen molar-refractivity contribution in [2.45, 2.75) is 6.54 Å². The summed E-state index contributed by atoms with van der Waals surface area (Å²) in [6, 6.07) is 15.8. The number of amides is 1. The summed E-state index contributed by atoms with van der Waals surface area (Å²) < 4.78 is 45.4. The molecule has 0 spiro atoms. The highest BCUT2D eigenvalue weighted by Gasteiger charge is 2.22. The Kier molecular flexibility index (Phi) is 6.96. The highest BCUT2D eigenvalue weighted by Crippen LogP contribution is 2.39. The van der Waals surface area contributed by atoms with E-state index in [0.717, 1.165) is 35.5 Å². The van der Waals surface area contributed by atoms with E-state index in [9.17, 15) is 17.6 Å². The number of morpholine rings is 1. The molecule has 0 unspecified atom stereocenters. The second kappa shape index (κ2) is 9.90. The Morgan fingerprint density at radius 2 is 1.85 bits per heavy atom. The monoisotopic (exact) mass is 489 g/mol. The number of anilines is 2. The third-order valence-corrected chi connectivity index (χ3v) is 6.94. The molecule has 2 heterocycles. The number of thiophene rings is 1. The first-order chi connectivity index (χ1) is 15.8. The number of carbonyl (C=O) groups is 1. The van der Waals surface area contributed by atoms with Crippen molar-refractivity contribution in [2.75, 3.05) is 42.2 Å². The zero-order chi connectivity index (χ0) is 23.4. The lowest BCUT2D eigenvalue weighted by atomic mass is 10.1. The summed E-state index contributed by atoms with van der Waals surface area (Å²) >= 11 is 1.38. The molecule has 174 valence electrons. The predicted octanol–water partition coefficient (Wildman–Crippen LogP) is 3.69. The fourth-order valence-electron chi connectivity index (χ4n) is 3.61. The van der Waals surface area contributed by atoms with Gasteiger partial charge in [0.25, 0.3) is 5.91 Å². The largest absolute Gasteiger partial charge is 0.378 e. The molecule has 0 bridgehead atoms. The van der Waals surface area contributed by atoms with E-state index in [0.29, 0.717) is 18.1 Å². The summed E-state index contributed by atoms with van der Waals surface area (Å²) in [7, 11) is -3.60. The number of hydrogen-bond donors (Lipinski definition) is 2. The van der Waals surface area contributed by atoms with Crippen LogP contribution in [0.1, 0.15) is 15.2 Å². The van der Waals surface area contributed by atoms with Crippen molar-refractivity contribution >= 4 is 38.0 Å². The van der Waals surface area contributed by atoms with Crippen LogP contribution in [0.4, 0.5) is 15.1 Å². The van der Waals surface area contributed by atoms with Crippen molar-refractivity contribution < 1.29 is 22.3 Å². The molecule has 0 radical (unpaired) electrons. The molecule has 1 aliphatic heterocycles. The summed E-state index contributed by atoms with van der Waals surface area (Å²) in [5.74, 6) is -0.959. The number of nitrogens with zero attached hydrogens (tertiary/aromatic N) is 1. The van der Waals surface area contributed by atoms with Crippen molar-refractivity contribution in [3.8, 4) is 11.1 Å². The molecule has 1 aliphatic rings. The van der Waals surface area contributed by atoms with E-state index in [1.165, 1.54) is 29.5 Å². The van der Waals surface area contributed by atoms with E-state index in [4.69, 9.17) is 4.74 Å². The van der Waals surface area contributed by atoms with Gasteiger partial charge in [-0.25, -0.2) is 12.8 Å². The highest BCUT2D eigenvalue weighted by atomic mass is 32.2. The molecule has 1 fully saturated rings. The van der Waals surface area contributed by atoms with Crippen molar-refractivity contribution in [1.29, 1.82) is 0 Å². The average molecular weight is 490 g/mol. The van der Waals surface area contributed by atoms with Crippen LogP contribution in [0, 0.1) is 5.82 Å². The highest BCUT2D eigenvalue weighted by molar-refractivity contribution is 7.92. The first-order valence-electron chi connectivity index (χ1n) is 10.4. The zero-order valence-electron chi connectivity index (χ0n) is 18.0. The Morgan fingerprint density at radius 1 is 1.12 bits per heavy atom. The second-order valence-corrected chi connectivity index (χ2v) is 10.4. The maximum atomic E-state index is 14.4. The lowest BCUT2D eigenvalue weighted by Gasteiger charge is -2.28. The van der Waals surface area contributed by atoms with Gasteiger partial charge in [0.1, 0.15) is 5.82 Å². The molecule has 4 rings (SSSR count). The van der Waals surface area contributed by atoms with Gasteiger partial charge in [0.05, 0.1) is 35.0 Å². The summed E-state index contributed by atoms with van der Waals surface area (Å²) in [4.78, 5) is 15.7. The van der Waals surface area contributed by atoms with Gasteiger partial charge in [-0.15, -0.1) is 11.3 Å². The van der Waals surface area contributed by atoms with Gasteiger partial charge >= 0.3 is 0 Å². The standard InChI is InChI=1S/C23H24FN3O4S2/c1-33(29,30)26-20-9-5-8-19(24)18(20)15-25-22(28)21-14-17(16-6-3-2-4-7-16)23(32-21)27-10-12-31-13-11-27/h2-9,14,26H,10-13,15H2,1H3,(H,25,28). The number of ether oxygens (including phenoxy) is 1. The molecule has 10 heteroatoms. The molecule has 0 aliphatic carbocycles. The third-order valence-electron chi connectivity index (χ3n) is 5.16. The van der Waals surface area contributed by atoms with Crippen LogP contribution in [0.15, 0.2) is 54.6 Å². The second-order valence-electron chi connectivity index (χ2n) is 7.62. The summed E-state index contributed by atoms with van der Waals surface area (Å²) in [5, 5.41) is 3.72. The lowest BCUT2D eigenvalue weighted by Crippen LogP contribution is -2.35. The molecular weight excluding hydrogens is 465 g/mol. The quantitative estimate of drug-likeness (QED) is 0.529. The molecule has 0 atom stereocenters. The maximum Gasteiger partial charge on any atom is 0.261 e. The predicted molar refractivity (Wildman–Crippen MR) is 129 cm³/mol. The number of rotatable bonds is 7. The van der Waals surface area contributed by atoms with Gasteiger partial charge in [0.2, 0.25) is 10.0 Å². The van der Waals surface area contributed by atoms with E-state index in [-0.39, 0.29) is 23.7 Å². The Balaban J connectivity index is 1.59. The fourth-order valence-corrected chi connectivity index (χ4v) is 5.35. The molecule has 7 nitrogen and oxygen atoms in total. The molecule has 1 saturated heterocycles. The zero-order valence-corrected chi connectivity index (χ0v) is 19.6. The average Bonchev–Trinajstić information content (AvgIpc) is 3.24. The van der Waals surface area contributed by atoms with Crippen LogP contribution < -0.4 is 14.9 Å². The molecular formula is C23H24FN3O4S2. The van der Waals surface area contributed by atoms with Gasteiger partial charge in [-0.2, -0.15) is 0 Å². The lowest BCUT2D eigenvalue weighted by molar-refractivity contribution is 0.0955. The van der Waals surface area contributed by atoms with Gasteiger partial charge in [-0.1, -0.05) is 36.4 Å². The Bertz CT molecular complexity index is 1240. The van der Waals surface area contributed by atoms with Gasteiger partial charge in [0.15, 0.2) is 0 Å². The van der Waals surface area contributed by atoms with E-state index in [2.05, 4.69) is 14.9 Å². The molecule has 2 N–H and O–H groups in total. The number of sulfonamides is 1. The maximum absolute atomic E-state index is 14.4. The van der Waals surface area contributed by atoms with Crippen molar-refractivity contribution in [3.63, 3.8) is 0 Å². The molecule has 2 aromatic carbocycles. The molecule has 1 aromatic heterocycles. The first kappa shape index (κ1) is 23.2. The number of benzene rings is 2. The minimum Gasteiger partial charge on any atom is -0.378 e. The van der Waals surface area contributed by atoms with Crippen LogP contribution in [-0.4, -0.2) is 46.9 Å². The summed E-state index contributed by atoms with van der Waals surface area (Å²) in [5.41, 5.74) is 2.13. The third kappa shape index (κ3) is 5.70. The molecule has 0 saturated carbocycles. The van der Waals surface area contributed by atoms with E-state index < -0.39 is 15.8 Å². The van der Waals surface area contributed by atoms with Crippen molar-refractivity contribution in [3.05, 3.63) is 70.9 Å². The van der Waals surface area contributed by atoms with Gasteiger partial charge < -0.3 is 15.0 Å². The smallest absolute Gasteiger partial charge is 0.261 e. The van der Waals surface area contributed by atoms with E-state index >= 15 is 0 Å². The number of hydrogen-bond acceptors (Lipinski definition) is 6. The minimum absolute atomic E-state index is 0.0736. The van der Waals surface area contributed by atoms with Gasteiger partial charge in [-0.05, 0) is 23.8 Å². The normalized spacial score (nSPS) is 14.2.